The number of rotatable bonds is 11. The summed E-state index contributed by atoms with van der Waals surface area (Å²) in [7, 11) is -11.8. The predicted molar refractivity (Wildman–Crippen MR) is 222 cm³/mol. The van der Waals surface area contributed by atoms with E-state index in [0.29, 0.717) is 66.2 Å². The lowest BCUT2D eigenvalue weighted by Gasteiger charge is -2.40. The summed E-state index contributed by atoms with van der Waals surface area (Å²) in [6, 6.07) is 4.34. The van der Waals surface area contributed by atoms with E-state index in [9.17, 15) is 22.8 Å². The largest absolute Gasteiger partial charge is 0.306 e. The van der Waals surface area contributed by atoms with Gasteiger partial charge in [0.15, 0.2) is 0 Å². The number of sulfonamides is 2. The minimum atomic E-state index is -4.81. The first-order valence-corrected chi connectivity index (χ1v) is 26.0. The van der Waals surface area contributed by atoms with Gasteiger partial charge in [-0.15, -0.1) is 0 Å². The van der Waals surface area contributed by atoms with Crippen molar-refractivity contribution < 1.29 is 39.6 Å². The number of carbonyl (C=O) groups excluding carboxylic acids is 3. The van der Waals surface area contributed by atoms with Crippen molar-refractivity contribution in [2.45, 2.75) is 112 Å². The molecule has 1 aliphatic heterocycles. The van der Waals surface area contributed by atoms with Crippen LogP contribution in [0.15, 0.2) is 24.4 Å². The van der Waals surface area contributed by atoms with Crippen LogP contribution in [0, 0.1) is 50.2 Å². The number of likely N-dealkylation sites (tertiary alicyclic amines) is 1. The Morgan fingerprint density at radius 2 is 1.10 bits per heavy atom. The highest BCUT2D eigenvalue weighted by Gasteiger charge is 2.69. The summed E-state index contributed by atoms with van der Waals surface area (Å²) in [6.07, 6.45) is 6.50. The third-order valence-electron chi connectivity index (χ3n) is 18.3. The molecule has 15 heteroatoms. The molecule has 7 fully saturated rings. The van der Waals surface area contributed by atoms with Gasteiger partial charge in [-0.05, 0) is 122 Å². The molecular formula is C43H59N3O9S3. The van der Waals surface area contributed by atoms with E-state index in [2.05, 4.69) is 4.90 Å². The Labute approximate surface area is 344 Å². The van der Waals surface area contributed by atoms with Gasteiger partial charge in [0.2, 0.25) is 30.1 Å². The van der Waals surface area contributed by atoms with Crippen LogP contribution < -0.4 is 3.71 Å². The number of likely N-dealkylation sites (N-methyl/N-ethyl adjacent to an activating group) is 1. The molecule has 12 nitrogen and oxygen atoms in total. The number of nitrogens with zero attached hydrogens (tertiary/aromatic N) is 3. The molecule has 7 aliphatic rings. The van der Waals surface area contributed by atoms with Crippen LogP contribution in [0.25, 0.3) is 10.9 Å². The van der Waals surface area contributed by atoms with Gasteiger partial charge < -0.3 is 4.90 Å². The molecule has 1 aromatic carbocycles. The molecule has 6 saturated carbocycles. The van der Waals surface area contributed by atoms with E-state index in [-0.39, 0.29) is 70.8 Å². The van der Waals surface area contributed by atoms with E-state index < -0.39 is 74.1 Å². The lowest BCUT2D eigenvalue weighted by atomic mass is 9.70. The number of hydrogen-bond acceptors (Lipinski definition) is 10. The van der Waals surface area contributed by atoms with Crippen molar-refractivity contribution in [3.8, 4) is 0 Å². The molecule has 318 valence electrons. The van der Waals surface area contributed by atoms with Crippen molar-refractivity contribution in [1.82, 2.24) is 8.87 Å². The van der Waals surface area contributed by atoms with Gasteiger partial charge in [-0.3, -0.25) is 14.4 Å². The van der Waals surface area contributed by atoms with Crippen molar-refractivity contribution in [3.63, 3.8) is 0 Å². The molecule has 9 rings (SSSR count). The van der Waals surface area contributed by atoms with Gasteiger partial charge in [0, 0.05) is 37.4 Å². The number of carbonyl (C=O) groups is 3. The molecule has 0 spiro atoms. The van der Waals surface area contributed by atoms with Crippen LogP contribution in [0.1, 0.15) is 117 Å². The molecule has 1 aromatic heterocycles. The van der Waals surface area contributed by atoms with Crippen LogP contribution >= 0.6 is 0 Å². The number of hydrogen-bond donors (Lipinski definition) is 0. The first-order chi connectivity index (χ1) is 26.8. The molecule has 1 saturated heterocycles. The van der Waals surface area contributed by atoms with Crippen molar-refractivity contribution in [2.24, 2.45) is 50.2 Å². The average molecular weight is 858 g/mol. The Morgan fingerprint density at radius 1 is 0.655 bits per heavy atom. The first-order valence-electron chi connectivity index (χ1n) is 21.2. The van der Waals surface area contributed by atoms with Gasteiger partial charge in [0.25, 0.3) is 0 Å². The fraction of sp³-hybridized carbons (Fsp3) is 0.744. The van der Waals surface area contributed by atoms with Crippen LogP contribution in [0.3, 0.4) is 0 Å². The predicted octanol–water partition coefficient (Wildman–Crippen LogP) is 5.89. The van der Waals surface area contributed by atoms with Crippen LogP contribution in [-0.2, 0) is 44.5 Å². The molecule has 6 aliphatic carbocycles. The monoisotopic (exact) mass is 857 g/mol. The highest BCUT2D eigenvalue weighted by atomic mass is 32.3. The third-order valence-corrected chi connectivity index (χ3v) is 24.6. The van der Waals surface area contributed by atoms with E-state index in [1.54, 1.807) is 6.20 Å². The zero-order valence-electron chi connectivity index (χ0n) is 35.0. The molecule has 2 aromatic rings. The number of benzene rings is 1. The SMILES string of the molecule is CN1CCC(c2cn(S(=O)(=O)CC34CCC(CC3=O)C4(C)C)c3ccc(N(S(=O)(=O)CC45CCC(CC4=O)C5(C)C)S(=O)(=O)CC45CCC(CC4=O)C5(C)C)cc23)C1. The van der Waals surface area contributed by atoms with E-state index in [1.807, 2.05) is 48.6 Å². The summed E-state index contributed by atoms with van der Waals surface area (Å²) >= 11 is 0. The Hall–Kier alpha value is -2.62. The van der Waals surface area contributed by atoms with Crippen molar-refractivity contribution in [1.29, 1.82) is 0 Å². The second kappa shape index (κ2) is 12.3. The second-order valence-electron chi connectivity index (χ2n) is 21.3. The molecule has 2 heterocycles. The Balaban J connectivity index is 1.20. The number of aromatic nitrogens is 1. The minimum absolute atomic E-state index is 0.00333. The van der Waals surface area contributed by atoms with Gasteiger partial charge in [-0.25, -0.2) is 29.2 Å². The van der Waals surface area contributed by atoms with Gasteiger partial charge in [0.05, 0.1) is 44.7 Å². The van der Waals surface area contributed by atoms with Crippen molar-refractivity contribution in [2.75, 3.05) is 41.1 Å². The lowest BCUT2D eigenvalue weighted by Crippen LogP contribution is -2.52. The van der Waals surface area contributed by atoms with Gasteiger partial charge in [-0.1, -0.05) is 41.5 Å². The van der Waals surface area contributed by atoms with E-state index in [1.165, 1.54) is 22.2 Å². The summed E-state index contributed by atoms with van der Waals surface area (Å²) in [5.74, 6) is -2.09. The maximum Gasteiger partial charge on any atom is 0.249 e. The molecule has 7 unspecified atom stereocenters. The summed E-state index contributed by atoms with van der Waals surface area (Å²) < 4.78 is 91.9. The Morgan fingerprint density at radius 3 is 1.48 bits per heavy atom. The zero-order chi connectivity index (χ0) is 42.0. The maximum atomic E-state index is 15.2. The van der Waals surface area contributed by atoms with E-state index in [4.69, 9.17) is 0 Å². The van der Waals surface area contributed by atoms with Crippen LogP contribution in [-0.4, -0.2) is 88.9 Å². The molecule has 0 N–H and O–H groups in total. The summed E-state index contributed by atoms with van der Waals surface area (Å²) in [6.45, 7) is 13.0. The quantitative estimate of drug-likeness (QED) is 0.266. The van der Waals surface area contributed by atoms with Gasteiger partial charge in [0.1, 0.15) is 17.3 Å². The zero-order valence-corrected chi connectivity index (χ0v) is 37.4. The van der Waals surface area contributed by atoms with Crippen LogP contribution in [0.5, 0.6) is 0 Å². The standard InChI is InChI=1S/C43H59N3O9S3/c1-38(2)28-10-14-41(38,35(47)18-28)24-56(50,51)45-23-33(27-13-17-44(7)22-27)32-21-31(8-9-34(32)45)46(57(52,53)25-42-15-11-29(19-36(42)48)39(42,3)4)58(54,55)26-43-16-12-30(20-37(43)49)40(43,5)6/h8-9,21,23,27-30H,10-20,22,24-26H2,1-7H3. The number of anilines is 1. The third kappa shape index (κ3) is 5.17. The molecule has 7 atom stereocenters. The average Bonchev–Trinajstić information content (AvgIpc) is 3.95. The van der Waals surface area contributed by atoms with E-state index >= 15 is 16.8 Å². The summed E-state index contributed by atoms with van der Waals surface area (Å²) in [5.41, 5.74) is -4.61. The number of ketones is 3. The Kier molecular flexibility index (Phi) is 8.62. The molecule has 58 heavy (non-hydrogen) atoms. The summed E-state index contributed by atoms with van der Waals surface area (Å²) in [5, 5.41) is 0.420. The van der Waals surface area contributed by atoms with Gasteiger partial charge >= 0.3 is 0 Å². The molecular weight excluding hydrogens is 799 g/mol. The number of Topliss-reactive ketones (excluding diaryl/α,β-unsaturated/α-hetero) is 3. The topological polar surface area (TPSA) is 165 Å². The lowest BCUT2D eigenvalue weighted by molar-refractivity contribution is -0.128. The fourth-order valence-corrected chi connectivity index (χ4v) is 21.6. The highest BCUT2D eigenvalue weighted by molar-refractivity contribution is 8.10. The molecule has 0 amide bonds. The maximum absolute atomic E-state index is 15.2. The Bertz CT molecular complexity index is 2440. The highest BCUT2D eigenvalue weighted by Crippen LogP contribution is 2.67. The smallest absolute Gasteiger partial charge is 0.249 e. The fourth-order valence-electron chi connectivity index (χ4n) is 14.0. The van der Waals surface area contributed by atoms with Crippen molar-refractivity contribution in [3.05, 3.63) is 30.0 Å². The van der Waals surface area contributed by atoms with E-state index in [0.717, 1.165) is 13.0 Å². The van der Waals surface area contributed by atoms with Crippen LogP contribution in [0.4, 0.5) is 5.69 Å². The van der Waals surface area contributed by atoms with Crippen LogP contribution in [0.2, 0.25) is 0 Å². The molecule has 6 bridgehead atoms. The first kappa shape index (κ1) is 40.8. The van der Waals surface area contributed by atoms with Crippen molar-refractivity contribution >= 4 is 64.0 Å². The number of fused-ring (bicyclic) bond motifs is 7. The van der Waals surface area contributed by atoms with Gasteiger partial charge in [-0.2, -0.15) is 3.71 Å². The normalized spacial score (nSPS) is 36.3. The second-order valence-corrected chi connectivity index (χ2v) is 27.0. The minimum Gasteiger partial charge on any atom is -0.306 e. The summed E-state index contributed by atoms with van der Waals surface area (Å²) in [4.78, 5) is 43.1. The molecule has 0 radical (unpaired) electrons.